The summed E-state index contributed by atoms with van der Waals surface area (Å²) in [7, 11) is 1.64. The zero-order valence-electron chi connectivity index (χ0n) is 11.3. The predicted octanol–water partition coefficient (Wildman–Crippen LogP) is 0.765. The van der Waals surface area contributed by atoms with E-state index < -0.39 is 0 Å². The van der Waals surface area contributed by atoms with Gasteiger partial charge in [-0.1, -0.05) is 0 Å². The molecule has 1 aromatic rings. The first-order chi connectivity index (χ1) is 9.65. The van der Waals surface area contributed by atoms with Crippen LogP contribution in [0.5, 0.6) is 0 Å². The zero-order valence-corrected chi connectivity index (χ0v) is 11.3. The summed E-state index contributed by atoms with van der Waals surface area (Å²) in [6, 6.07) is 0.189. The largest absolute Gasteiger partial charge is 0.394 e. The molecule has 0 spiro atoms. The standard InChI is InChI=1S/C12H19N7O/c1-16-20-11(15)7-2-3-8(4-7)19-12-9(5-13)10(14)17-6-18-12/h5-8,13,15-16H,2-4H2,1H3,(H3,14,17,18,19)/t7-,8-/m0/s1. The minimum atomic E-state index is 0.0996. The first kappa shape index (κ1) is 14.2. The Kier molecular flexibility index (Phi) is 4.46. The van der Waals surface area contributed by atoms with E-state index >= 15 is 0 Å². The van der Waals surface area contributed by atoms with Gasteiger partial charge in [-0.3, -0.25) is 5.41 Å². The van der Waals surface area contributed by atoms with Gasteiger partial charge in [-0.2, -0.15) is 5.48 Å². The highest BCUT2D eigenvalue weighted by atomic mass is 16.6. The van der Waals surface area contributed by atoms with Crippen molar-refractivity contribution in [3.05, 3.63) is 11.9 Å². The van der Waals surface area contributed by atoms with Crippen molar-refractivity contribution in [1.82, 2.24) is 15.4 Å². The van der Waals surface area contributed by atoms with Crippen LogP contribution in [0.15, 0.2) is 6.33 Å². The molecule has 0 saturated heterocycles. The van der Waals surface area contributed by atoms with Crippen LogP contribution in [0.25, 0.3) is 0 Å². The lowest BCUT2D eigenvalue weighted by atomic mass is 10.1. The molecule has 6 N–H and O–H groups in total. The van der Waals surface area contributed by atoms with Gasteiger partial charge in [0.1, 0.15) is 18.0 Å². The van der Waals surface area contributed by atoms with Gasteiger partial charge in [0.2, 0.25) is 5.90 Å². The SMILES string of the molecule is CNOC(=N)[C@H]1CC[C@H](Nc2ncnc(N)c2C=N)C1. The van der Waals surface area contributed by atoms with Crippen LogP contribution in [0.3, 0.4) is 0 Å². The van der Waals surface area contributed by atoms with Gasteiger partial charge < -0.3 is 21.3 Å². The van der Waals surface area contributed by atoms with Gasteiger partial charge in [-0.25, -0.2) is 9.97 Å². The maximum absolute atomic E-state index is 7.77. The Bertz CT molecular complexity index is 505. The molecule has 1 aromatic heterocycles. The Morgan fingerprint density at radius 3 is 3.00 bits per heavy atom. The number of nitrogen functional groups attached to an aromatic ring is 1. The topological polar surface area (TPSA) is 133 Å². The van der Waals surface area contributed by atoms with Crippen LogP contribution >= 0.6 is 0 Å². The van der Waals surface area contributed by atoms with Crippen LogP contribution in [0.2, 0.25) is 0 Å². The molecule has 1 aliphatic rings. The average Bonchev–Trinajstić information content (AvgIpc) is 2.88. The second-order valence-corrected chi connectivity index (χ2v) is 4.69. The summed E-state index contributed by atoms with van der Waals surface area (Å²) in [4.78, 5) is 13.0. The molecule has 0 amide bonds. The molecular formula is C12H19N7O. The molecule has 8 heteroatoms. The summed E-state index contributed by atoms with van der Waals surface area (Å²) >= 11 is 0. The van der Waals surface area contributed by atoms with Crippen LogP contribution in [-0.4, -0.2) is 35.2 Å². The minimum Gasteiger partial charge on any atom is -0.394 e. The molecule has 8 nitrogen and oxygen atoms in total. The van der Waals surface area contributed by atoms with Crippen molar-refractivity contribution in [3.8, 4) is 0 Å². The lowest BCUT2D eigenvalue weighted by Gasteiger charge is -2.16. The van der Waals surface area contributed by atoms with Crippen molar-refractivity contribution in [2.45, 2.75) is 25.3 Å². The van der Waals surface area contributed by atoms with E-state index in [0.29, 0.717) is 17.2 Å². The van der Waals surface area contributed by atoms with Crippen molar-refractivity contribution in [2.24, 2.45) is 5.92 Å². The fourth-order valence-electron chi connectivity index (χ4n) is 2.40. The highest BCUT2D eigenvalue weighted by Crippen LogP contribution is 2.29. The van der Waals surface area contributed by atoms with E-state index in [0.717, 1.165) is 25.5 Å². The Morgan fingerprint density at radius 2 is 2.30 bits per heavy atom. The summed E-state index contributed by atoms with van der Waals surface area (Å²) < 4.78 is 0. The van der Waals surface area contributed by atoms with Crippen LogP contribution in [-0.2, 0) is 4.84 Å². The van der Waals surface area contributed by atoms with E-state index in [1.54, 1.807) is 7.05 Å². The molecule has 1 saturated carbocycles. The molecule has 0 unspecified atom stereocenters. The van der Waals surface area contributed by atoms with E-state index in [9.17, 15) is 0 Å². The Balaban J connectivity index is 2.01. The zero-order chi connectivity index (χ0) is 14.5. The third-order valence-corrected chi connectivity index (χ3v) is 3.42. The second-order valence-electron chi connectivity index (χ2n) is 4.69. The predicted molar refractivity (Wildman–Crippen MR) is 77.0 cm³/mol. The van der Waals surface area contributed by atoms with E-state index in [4.69, 9.17) is 21.4 Å². The quantitative estimate of drug-likeness (QED) is 0.306. The highest BCUT2D eigenvalue weighted by Gasteiger charge is 2.29. The summed E-state index contributed by atoms with van der Waals surface area (Å²) in [5.41, 5.74) is 8.74. The van der Waals surface area contributed by atoms with Gasteiger partial charge >= 0.3 is 0 Å². The van der Waals surface area contributed by atoms with Crippen LogP contribution in [0.4, 0.5) is 11.6 Å². The van der Waals surface area contributed by atoms with Crippen molar-refractivity contribution in [2.75, 3.05) is 18.1 Å². The molecule has 108 valence electrons. The molecule has 1 heterocycles. The maximum atomic E-state index is 7.77. The van der Waals surface area contributed by atoms with Gasteiger partial charge in [0, 0.05) is 25.2 Å². The number of nitrogens with two attached hydrogens (primary N) is 1. The molecule has 0 radical (unpaired) electrons. The Labute approximate surface area is 117 Å². The average molecular weight is 277 g/mol. The van der Waals surface area contributed by atoms with Gasteiger partial charge in [0.05, 0.1) is 5.56 Å². The van der Waals surface area contributed by atoms with E-state index in [1.807, 2.05) is 0 Å². The summed E-state index contributed by atoms with van der Waals surface area (Å²) in [5.74, 6) is 1.21. The Hall–Kier alpha value is -2.22. The normalized spacial score (nSPS) is 21.4. The molecule has 20 heavy (non-hydrogen) atoms. The van der Waals surface area contributed by atoms with Crippen LogP contribution < -0.4 is 16.5 Å². The number of rotatable bonds is 5. The lowest BCUT2D eigenvalue weighted by Crippen LogP contribution is -2.23. The molecule has 2 rings (SSSR count). The van der Waals surface area contributed by atoms with E-state index in [2.05, 4.69) is 20.8 Å². The van der Waals surface area contributed by atoms with Crippen molar-refractivity contribution in [3.63, 3.8) is 0 Å². The van der Waals surface area contributed by atoms with Gasteiger partial charge in [0.25, 0.3) is 0 Å². The number of nitrogens with zero attached hydrogens (tertiary/aromatic N) is 2. The first-order valence-electron chi connectivity index (χ1n) is 6.45. The van der Waals surface area contributed by atoms with Gasteiger partial charge in [0.15, 0.2) is 0 Å². The van der Waals surface area contributed by atoms with Gasteiger partial charge in [-0.05, 0) is 19.3 Å². The molecule has 0 bridgehead atoms. The summed E-state index contributed by atoms with van der Waals surface area (Å²) in [6.07, 6.45) is 5.13. The molecule has 1 aliphatic carbocycles. The number of nitrogens with one attached hydrogen (secondary N) is 4. The number of hydrogen-bond donors (Lipinski definition) is 5. The Morgan fingerprint density at radius 1 is 1.50 bits per heavy atom. The minimum absolute atomic E-state index is 0.0996. The molecular weight excluding hydrogens is 258 g/mol. The number of anilines is 2. The monoisotopic (exact) mass is 277 g/mol. The molecule has 2 atom stereocenters. The van der Waals surface area contributed by atoms with E-state index in [1.165, 1.54) is 6.33 Å². The van der Waals surface area contributed by atoms with Crippen molar-refractivity contribution >= 4 is 23.7 Å². The third-order valence-electron chi connectivity index (χ3n) is 3.42. The van der Waals surface area contributed by atoms with Crippen LogP contribution in [0, 0.1) is 16.7 Å². The second kappa shape index (κ2) is 6.29. The first-order valence-corrected chi connectivity index (χ1v) is 6.45. The van der Waals surface area contributed by atoms with Crippen molar-refractivity contribution in [1.29, 1.82) is 10.8 Å². The smallest absolute Gasteiger partial charge is 0.209 e. The fourth-order valence-corrected chi connectivity index (χ4v) is 2.40. The number of hydrogen-bond acceptors (Lipinski definition) is 8. The van der Waals surface area contributed by atoms with Crippen molar-refractivity contribution < 1.29 is 4.84 Å². The number of hydroxylamine groups is 1. The molecule has 1 fully saturated rings. The van der Waals surface area contributed by atoms with Gasteiger partial charge in [-0.15, -0.1) is 0 Å². The maximum Gasteiger partial charge on any atom is 0.209 e. The summed E-state index contributed by atoms with van der Waals surface area (Å²) in [5, 5.41) is 18.4. The molecule has 0 aromatic carbocycles. The lowest BCUT2D eigenvalue weighted by molar-refractivity contribution is 0.188. The summed E-state index contributed by atoms with van der Waals surface area (Å²) in [6.45, 7) is 0. The van der Waals surface area contributed by atoms with Crippen LogP contribution in [0.1, 0.15) is 24.8 Å². The fraction of sp³-hybridized carbons (Fsp3) is 0.500. The van der Waals surface area contributed by atoms with E-state index in [-0.39, 0.29) is 17.9 Å². The number of aromatic nitrogens is 2. The highest BCUT2D eigenvalue weighted by molar-refractivity contribution is 5.89. The molecule has 0 aliphatic heterocycles. The third kappa shape index (κ3) is 3.02.